The van der Waals surface area contributed by atoms with E-state index in [2.05, 4.69) is 0 Å². The van der Waals surface area contributed by atoms with E-state index in [0.29, 0.717) is 0 Å². The third-order valence-electron chi connectivity index (χ3n) is 0.126. The molecule has 0 amide bonds. The van der Waals surface area contributed by atoms with Crippen LogP contribution in [0.15, 0.2) is 0 Å². The van der Waals surface area contributed by atoms with Gasteiger partial charge >= 0.3 is 0 Å². The van der Waals surface area contributed by atoms with E-state index in [1.807, 2.05) is 10.9 Å². The van der Waals surface area contributed by atoms with Crippen molar-refractivity contribution in [3.8, 4) is 0 Å². The van der Waals surface area contributed by atoms with Crippen molar-refractivity contribution in [2.24, 2.45) is 3.95 Å². The molecule has 0 aliphatic carbocycles. The third-order valence-corrected chi connectivity index (χ3v) is 0.845. The van der Waals surface area contributed by atoms with E-state index < -0.39 is 0 Å². The zero-order chi connectivity index (χ0) is 3.41. The van der Waals surface area contributed by atoms with Gasteiger partial charge in [0.1, 0.15) is 0 Å². The summed E-state index contributed by atoms with van der Waals surface area (Å²) in [5, 5.41) is 0. The Morgan fingerprint density at radius 3 is 2.25 bits per heavy atom. The van der Waals surface area contributed by atoms with Crippen LogP contribution in [0.4, 0.5) is 0 Å². The van der Waals surface area contributed by atoms with Gasteiger partial charge in [0.25, 0.3) is 0 Å². The topological polar surface area (TPSA) is 26.0 Å². The van der Waals surface area contributed by atoms with Crippen molar-refractivity contribution in [3.05, 3.63) is 0 Å². The zero-order valence-electron chi connectivity index (χ0n) is 2.53. The summed E-state index contributed by atoms with van der Waals surface area (Å²) in [7, 11) is 0. The van der Waals surface area contributed by atoms with Crippen molar-refractivity contribution in [1.29, 1.82) is 0 Å². The van der Waals surface area contributed by atoms with Gasteiger partial charge in [0, 0.05) is 0 Å². The van der Waals surface area contributed by atoms with Crippen LogP contribution >= 0.6 is 21.0 Å². The van der Waals surface area contributed by atoms with Crippen molar-refractivity contribution in [1.82, 2.24) is 0 Å². The van der Waals surface area contributed by atoms with Gasteiger partial charge in [-0.3, -0.25) is 3.95 Å². The molecular formula is C2H6IN. The van der Waals surface area contributed by atoms with Gasteiger partial charge in [-0.2, -0.15) is 0 Å². The molecule has 26 valence electrons. The van der Waals surface area contributed by atoms with E-state index in [1.54, 1.807) is 0 Å². The lowest BCUT2D eigenvalue weighted by Crippen LogP contribution is -1.58. The predicted octanol–water partition coefficient (Wildman–Crippen LogP) is 0.653. The average Bonchev–Trinajstić information content (AvgIpc) is 1.37. The van der Waals surface area contributed by atoms with Crippen LogP contribution in [0, 0.1) is 0 Å². The molecule has 0 fully saturated rings. The Hall–Kier alpha value is 0.560. The maximum absolute atomic E-state index is 5.08. The Morgan fingerprint density at radius 1 is 2.00 bits per heavy atom. The smallest absolute Gasteiger partial charge is 0.0404 e. The van der Waals surface area contributed by atoms with E-state index in [9.17, 15) is 0 Å². The molecule has 1 nitrogen and oxygen atoms in total. The van der Waals surface area contributed by atoms with Gasteiger partial charge in [-0.1, -0.05) is 0 Å². The zero-order valence-corrected chi connectivity index (χ0v) is 4.69. The van der Waals surface area contributed by atoms with E-state index in [-0.39, 0.29) is 21.0 Å². The summed E-state index contributed by atoms with van der Waals surface area (Å²) in [6.45, 7) is 1.98. The minimum absolute atomic E-state index is 0.0144. The lowest BCUT2D eigenvalue weighted by molar-refractivity contribution is 2.14. The molecule has 0 saturated heterocycles. The quantitative estimate of drug-likeness (QED) is 0.420. The molecular weight excluding hydrogens is 165 g/mol. The van der Waals surface area contributed by atoms with Crippen molar-refractivity contribution in [3.63, 3.8) is 0 Å². The van der Waals surface area contributed by atoms with E-state index in [4.69, 9.17) is 3.95 Å². The number of hydrogen-bond donors (Lipinski definition) is 1. The summed E-state index contributed by atoms with van der Waals surface area (Å²) in [6, 6.07) is 0. The monoisotopic (exact) mass is 171 g/mol. The summed E-state index contributed by atoms with van der Waals surface area (Å²) in [6.07, 6.45) is 0. The van der Waals surface area contributed by atoms with Crippen molar-refractivity contribution < 1.29 is 0 Å². The molecule has 0 atom stereocenters. The van der Waals surface area contributed by atoms with Crippen molar-refractivity contribution in [2.45, 2.75) is 6.92 Å². The summed E-state index contributed by atoms with van der Waals surface area (Å²) in [5.74, 6) is 0. The van der Waals surface area contributed by atoms with E-state index in [0.717, 1.165) is 0 Å². The standard InChI is InChI=1S/C2H6IN/c1-2-3-4/h2H,4H2,1H3. The van der Waals surface area contributed by atoms with Gasteiger partial charge in [0.05, 0.1) is 0 Å². The molecule has 0 aromatic heterocycles. The first-order valence-corrected chi connectivity index (χ1v) is 3.51. The van der Waals surface area contributed by atoms with E-state index in [1.165, 1.54) is 0 Å². The van der Waals surface area contributed by atoms with Gasteiger partial charge in [-0.05, 0) is 31.9 Å². The van der Waals surface area contributed by atoms with Gasteiger partial charge in [-0.15, -0.1) is 0 Å². The normalized spacial score (nSPS) is 11.5. The van der Waals surface area contributed by atoms with Crippen LogP contribution in [0.5, 0.6) is 0 Å². The third kappa shape index (κ3) is 2.56. The second kappa shape index (κ2) is 3.56. The lowest BCUT2D eigenvalue weighted by atomic mass is 11.0. The van der Waals surface area contributed by atoms with Gasteiger partial charge in [0.2, 0.25) is 0 Å². The SMILES string of the molecule is CC=IN. The van der Waals surface area contributed by atoms with Gasteiger partial charge in [-0.25, -0.2) is 0 Å². The fourth-order valence-corrected chi connectivity index (χ4v) is 0. The Balaban J connectivity index is 2.55. The minimum Gasteiger partial charge on any atom is -0.280 e. The molecule has 2 N–H and O–H groups in total. The lowest BCUT2D eigenvalue weighted by Gasteiger charge is -1.50. The minimum atomic E-state index is -0.0144. The number of nitrogens with two attached hydrogens (primary N) is 1. The summed E-state index contributed by atoms with van der Waals surface area (Å²) in [5.41, 5.74) is 0. The molecule has 0 aromatic rings. The number of halogens is 1. The number of hydrogen-bond acceptors (Lipinski definition) is 1. The van der Waals surface area contributed by atoms with Crippen LogP contribution in [0.3, 0.4) is 0 Å². The first-order chi connectivity index (χ1) is 1.91. The Bertz CT molecular complexity index is 21.2. The second-order valence-electron chi connectivity index (χ2n) is 0.344. The highest BCUT2D eigenvalue weighted by molar-refractivity contribution is 14.2. The van der Waals surface area contributed by atoms with Gasteiger partial charge < -0.3 is 0 Å². The first-order valence-electron chi connectivity index (χ1n) is 1.01. The van der Waals surface area contributed by atoms with Crippen LogP contribution in [0.2, 0.25) is 0 Å². The van der Waals surface area contributed by atoms with Gasteiger partial charge in [0.15, 0.2) is 0 Å². The van der Waals surface area contributed by atoms with Crippen LogP contribution < -0.4 is 3.95 Å². The molecule has 0 aromatic carbocycles. The summed E-state index contributed by atoms with van der Waals surface area (Å²) < 4.78 is 7.10. The van der Waals surface area contributed by atoms with Crippen LogP contribution in [0.25, 0.3) is 0 Å². The molecule has 0 unspecified atom stereocenters. The van der Waals surface area contributed by atoms with Crippen LogP contribution in [0.1, 0.15) is 6.92 Å². The molecule has 0 aliphatic rings. The van der Waals surface area contributed by atoms with Crippen molar-refractivity contribution in [2.75, 3.05) is 0 Å². The molecule has 0 radical (unpaired) electrons. The maximum Gasteiger partial charge on any atom is -0.0404 e. The highest BCUT2D eigenvalue weighted by atomic mass is 127. The Kier molecular flexibility index (Phi) is 4.06. The molecule has 0 heterocycles. The molecule has 0 bridgehead atoms. The molecule has 0 spiro atoms. The highest BCUT2D eigenvalue weighted by Gasteiger charge is 1.34. The molecule has 0 saturated carbocycles. The Morgan fingerprint density at radius 2 is 2.25 bits per heavy atom. The molecule has 0 aliphatic heterocycles. The Labute approximate surface area is 36.3 Å². The summed E-state index contributed by atoms with van der Waals surface area (Å²) >= 11 is -0.0144. The summed E-state index contributed by atoms with van der Waals surface area (Å²) in [4.78, 5) is 0. The average molecular weight is 171 g/mol. The van der Waals surface area contributed by atoms with Crippen LogP contribution in [-0.4, -0.2) is 4.01 Å². The fraction of sp³-hybridized carbons (Fsp3) is 0.500. The van der Waals surface area contributed by atoms with E-state index >= 15 is 0 Å². The fourth-order valence-electron chi connectivity index (χ4n) is 0. The maximum atomic E-state index is 5.08. The largest absolute Gasteiger partial charge is 0.280 e. The molecule has 2 heteroatoms. The molecule has 0 rings (SSSR count). The van der Waals surface area contributed by atoms with Crippen LogP contribution in [-0.2, 0) is 0 Å². The second-order valence-corrected chi connectivity index (χ2v) is 2.31. The number of rotatable bonds is 0. The highest BCUT2D eigenvalue weighted by Crippen LogP contribution is 1.65. The van der Waals surface area contributed by atoms with Crippen molar-refractivity contribution >= 4 is 25.0 Å². The molecule has 4 heavy (non-hydrogen) atoms. The first kappa shape index (κ1) is 4.56. The predicted molar refractivity (Wildman–Crippen MR) is 29.9 cm³/mol.